The van der Waals surface area contributed by atoms with Crippen LogP contribution >= 0.6 is 0 Å². The van der Waals surface area contributed by atoms with Gasteiger partial charge in [-0.3, -0.25) is 4.79 Å². The van der Waals surface area contributed by atoms with Crippen molar-refractivity contribution in [1.29, 1.82) is 0 Å². The Hall–Kier alpha value is -1.88. The SMILES string of the molecule is CC(C)(C)OC(=O)N1C(=O)C(C)(O)c2ccccc21. The molecule has 1 aromatic rings. The smallest absolute Gasteiger partial charge is 0.421 e. The Morgan fingerprint density at radius 2 is 1.89 bits per heavy atom. The molecule has 0 aliphatic carbocycles. The molecule has 102 valence electrons. The summed E-state index contributed by atoms with van der Waals surface area (Å²) in [4.78, 5) is 25.2. The minimum Gasteiger partial charge on any atom is -0.443 e. The van der Waals surface area contributed by atoms with Gasteiger partial charge in [-0.05, 0) is 33.8 Å². The molecular formula is C14H17NO4. The Kier molecular flexibility index (Phi) is 2.90. The van der Waals surface area contributed by atoms with Gasteiger partial charge in [0.1, 0.15) is 5.60 Å². The average Bonchev–Trinajstić information content (AvgIpc) is 2.46. The van der Waals surface area contributed by atoms with Crippen LogP contribution in [0.25, 0.3) is 0 Å². The van der Waals surface area contributed by atoms with E-state index in [9.17, 15) is 14.7 Å². The maximum atomic E-state index is 12.2. The number of ether oxygens (including phenoxy) is 1. The van der Waals surface area contributed by atoms with E-state index in [4.69, 9.17) is 4.74 Å². The summed E-state index contributed by atoms with van der Waals surface area (Å²) in [5, 5.41) is 10.2. The van der Waals surface area contributed by atoms with Gasteiger partial charge < -0.3 is 9.84 Å². The first-order valence-electron chi connectivity index (χ1n) is 6.04. The van der Waals surface area contributed by atoms with Gasteiger partial charge in [0, 0.05) is 5.56 Å². The third-order valence-corrected chi connectivity index (χ3v) is 2.87. The minimum atomic E-state index is -1.70. The van der Waals surface area contributed by atoms with Gasteiger partial charge in [-0.25, -0.2) is 9.69 Å². The molecule has 0 aromatic heterocycles. The largest absolute Gasteiger partial charge is 0.443 e. The number of carbonyl (C=O) groups is 2. The standard InChI is InChI=1S/C14H17NO4/c1-13(2,3)19-12(17)15-10-8-6-5-7-9(10)14(4,18)11(15)16/h5-8,18H,1-4H3. The number of carbonyl (C=O) groups excluding carboxylic acids is 2. The molecule has 2 rings (SSSR count). The lowest BCUT2D eigenvalue weighted by Gasteiger charge is -2.24. The molecule has 2 amide bonds. The molecule has 1 atom stereocenters. The number of hydrogen-bond donors (Lipinski definition) is 1. The van der Waals surface area contributed by atoms with Gasteiger partial charge >= 0.3 is 6.09 Å². The lowest BCUT2D eigenvalue weighted by molar-refractivity contribution is -0.134. The molecule has 5 heteroatoms. The summed E-state index contributed by atoms with van der Waals surface area (Å²) in [5.41, 5.74) is -1.63. The predicted octanol–water partition coefficient (Wildman–Crippen LogP) is 2.18. The second-order valence-electron chi connectivity index (χ2n) is 5.71. The molecule has 1 unspecified atom stereocenters. The minimum absolute atomic E-state index is 0.367. The molecule has 1 heterocycles. The maximum absolute atomic E-state index is 12.2. The molecule has 5 nitrogen and oxygen atoms in total. The van der Waals surface area contributed by atoms with E-state index >= 15 is 0 Å². The van der Waals surface area contributed by atoms with Crippen LogP contribution in [0, 0.1) is 0 Å². The Morgan fingerprint density at radius 3 is 2.47 bits per heavy atom. The lowest BCUT2D eigenvalue weighted by Crippen LogP contribution is -2.44. The van der Waals surface area contributed by atoms with Crippen molar-refractivity contribution in [3.63, 3.8) is 0 Å². The number of para-hydroxylation sites is 1. The molecule has 0 spiro atoms. The number of imide groups is 1. The average molecular weight is 263 g/mol. The van der Waals surface area contributed by atoms with Crippen molar-refractivity contribution in [1.82, 2.24) is 0 Å². The zero-order chi connectivity index (χ0) is 14.4. The third-order valence-electron chi connectivity index (χ3n) is 2.87. The summed E-state index contributed by atoms with van der Waals surface area (Å²) in [6.07, 6.45) is -0.775. The Bertz CT molecular complexity index is 543. The van der Waals surface area contributed by atoms with Crippen LogP contribution in [-0.2, 0) is 15.1 Å². The third kappa shape index (κ3) is 2.21. The summed E-state index contributed by atoms with van der Waals surface area (Å²) in [6.45, 7) is 6.53. The van der Waals surface area contributed by atoms with E-state index in [1.54, 1.807) is 45.0 Å². The lowest BCUT2D eigenvalue weighted by atomic mass is 9.98. The fourth-order valence-electron chi connectivity index (χ4n) is 2.01. The highest BCUT2D eigenvalue weighted by Gasteiger charge is 2.49. The first-order valence-corrected chi connectivity index (χ1v) is 6.04. The monoisotopic (exact) mass is 263 g/mol. The summed E-state index contributed by atoms with van der Waals surface area (Å²) < 4.78 is 5.20. The molecule has 1 aromatic carbocycles. The van der Waals surface area contributed by atoms with Crippen molar-refractivity contribution >= 4 is 17.7 Å². The number of aliphatic hydroxyl groups is 1. The van der Waals surface area contributed by atoms with Gasteiger partial charge in [0.25, 0.3) is 5.91 Å². The number of benzene rings is 1. The van der Waals surface area contributed by atoms with Crippen LogP contribution in [0.4, 0.5) is 10.5 Å². The predicted molar refractivity (Wildman–Crippen MR) is 69.7 cm³/mol. The molecule has 1 aliphatic rings. The van der Waals surface area contributed by atoms with Crippen LogP contribution in [0.5, 0.6) is 0 Å². The van der Waals surface area contributed by atoms with Crippen molar-refractivity contribution in [3.05, 3.63) is 29.8 Å². The number of hydrogen-bond acceptors (Lipinski definition) is 4. The first kappa shape index (κ1) is 13.5. The first-order chi connectivity index (χ1) is 8.64. The normalized spacial score (nSPS) is 22.4. The van der Waals surface area contributed by atoms with Crippen molar-refractivity contribution in [2.45, 2.75) is 38.9 Å². The van der Waals surface area contributed by atoms with E-state index < -0.39 is 23.2 Å². The van der Waals surface area contributed by atoms with E-state index in [1.807, 2.05) is 0 Å². The van der Waals surface area contributed by atoms with E-state index in [2.05, 4.69) is 0 Å². The van der Waals surface area contributed by atoms with Gasteiger partial charge in [-0.2, -0.15) is 0 Å². The fourth-order valence-corrected chi connectivity index (χ4v) is 2.01. The van der Waals surface area contributed by atoms with Crippen molar-refractivity contribution in [2.24, 2.45) is 0 Å². The zero-order valence-corrected chi connectivity index (χ0v) is 11.4. The van der Waals surface area contributed by atoms with Crippen molar-refractivity contribution in [3.8, 4) is 0 Å². The number of rotatable bonds is 0. The van der Waals surface area contributed by atoms with Gasteiger partial charge in [0.15, 0.2) is 5.60 Å². The van der Waals surface area contributed by atoms with Crippen molar-refractivity contribution in [2.75, 3.05) is 4.90 Å². The van der Waals surface area contributed by atoms with Crippen LogP contribution in [0.15, 0.2) is 24.3 Å². The van der Waals surface area contributed by atoms with E-state index in [0.29, 0.717) is 11.3 Å². The Morgan fingerprint density at radius 1 is 1.32 bits per heavy atom. The molecule has 1 aliphatic heterocycles. The summed E-state index contributed by atoms with van der Waals surface area (Å²) in [7, 11) is 0. The molecule has 0 fully saturated rings. The van der Waals surface area contributed by atoms with E-state index in [0.717, 1.165) is 4.90 Å². The van der Waals surface area contributed by atoms with Crippen molar-refractivity contribution < 1.29 is 19.4 Å². The topological polar surface area (TPSA) is 66.8 Å². The number of nitrogens with zero attached hydrogens (tertiary/aromatic N) is 1. The Balaban J connectivity index is 2.43. The molecule has 1 N–H and O–H groups in total. The highest BCUT2D eigenvalue weighted by Crippen LogP contribution is 2.40. The fraction of sp³-hybridized carbons (Fsp3) is 0.429. The molecule has 19 heavy (non-hydrogen) atoms. The van der Waals surface area contributed by atoms with Gasteiger partial charge in [-0.1, -0.05) is 18.2 Å². The Labute approximate surface area is 111 Å². The van der Waals surface area contributed by atoms with Crippen LogP contribution in [0.1, 0.15) is 33.3 Å². The molecule has 0 saturated carbocycles. The highest BCUT2D eigenvalue weighted by atomic mass is 16.6. The zero-order valence-electron chi connectivity index (χ0n) is 11.4. The second kappa shape index (κ2) is 4.06. The summed E-state index contributed by atoms with van der Waals surface area (Å²) >= 11 is 0. The number of anilines is 1. The molecule has 0 radical (unpaired) electrons. The summed E-state index contributed by atoms with van der Waals surface area (Å²) in [6, 6.07) is 6.64. The van der Waals surface area contributed by atoms with Gasteiger partial charge in [0.05, 0.1) is 5.69 Å². The van der Waals surface area contributed by atoms with Crippen LogP contribution in [0.3, 0.4) is 0 Å². The van der Waals surface area contributed by atoms with Crippen LogP contribution in [0.2, 0.25) is 0 Å². The van der Waals surface area contributed by atoms with E-state index in [1.165, 1.54) is 6.92 Å². The number of fused-ring (bicyclic) bond motifs is 1. The second-order valence-corrected chi connectivity index (χ2v) is 5.71. The molecular weight excluding hydrogens is 246 g/mol. The molecule has 0 saturated heterocycles. The quantitative estimate of drug-likeness (QED) is 0.779. The van der Waals surface area contributed by atoms with Gasteiger partial charge in [0.2, 0.25) is 0 Å². The highest BCUT2D eigenvalue weighted by molar-refractivity contribution is 6.20. The summed E-state index contributed by atoms with van der Waals surface area (Å²) in [5.74, 6) is -0.692. The number of amides is 2. The van der Waals surface area contributed by atoms with Crippen LogP contribution < -0.4 is 4.90 Å². The van der Waals surface area contributed by atoms with E-state index in [-0.39, 0.29) is 0 Å². The molecule has 0 bridgehead atoms. The maximum Gasteiger partial charge on any atom is 0.421 e. The van der Waals surface area contributed by atoms with Crippen LogP contribution in [-0.4, -0.2) is 22.7 Å². The van der Waals surface area contributed by atoms with Gasteiger partial charge in [-0.15, -0.1) is 0 Å².